The van der Waals surface area contributed by atoms with E-state index in [0.29, 0.717) is 36.0 Å². The second-order valence-electron chi connectivity index (χ2n) is 10.1. The van der Waals surface area contributed by atoms with Gasteiger partial charge in [-0.2, -0.15) is 0 Å². The maximum atomic E-state index is 12.9. The average Bonchev–Trinajstić information content (AvgIpc) is 3.70. The van der Waals surface area contributed by atoms with Crippen LogP contribution in [0.3, 0.4) is 0 Å². The average molecular weight is 567 g/mol. The zero-order chi connectivity index (χ0) is 27.8. The molecule has 208 valence electrons. The molecule has 0 aromatic carbocycles. The molecule has 0 bridgehead atoms. The minimum absolute atomic E-state index is 0.0324. The molecule has 10 heteroatoms. The highest BCUT2D eigenvalue weighted by molar-refractivity contribution is 8.17. The molecule has 8 nitrogen and oxygen atoms in total. The third kappa shape index (κ3) is 7.57. The van der Waals surface area contributed by atoms with Gasteiger partial charge in [0, 0.05) is 40.8 Å². The number of hydrogen-bond acceptors (Lipinski definition) is 8. The van der Waals surface area contributed by atoms with Gasteiger partial charge in [-0.15, -0.1) is 11.3 Å². The highest BCUT2D eigenvalue weighted by atomic mass is 32.2. The molecule has 2 aromatic rings. The van der Waals surface area contributed by atoms with Crippen molar-refractivity contribution in [2.75, 3.05) is 13.6 Å². The van der Waals surface area contributed by atoms with E-state index in [2.05, 4.69) is 40.5 Å². The molecule has 1 saturated carbocycles. The number of allylic oxidation sites excluding steroid dienone is 3. The number of pyridine rings is 1. The summed E-state index contributed by atoms with van der Waals surface area (Å²) in [5.74, 6) is 1.29. The predicted molar refractivity (Wildman–Crippen MR) is 162 cm³/mol. The van der Waals surface area contributed by atoms with E-state index in [1.807, 2.05) is 24.2 Å². The van der Waals surface area contributed by atoms with E-state index in [1.165, 1.54) is 42.4 Å². The van der Waals surface area contributed by atoms with Crippen molar-refractivity contribution in [3.8, 4) is 0 Å². The SMILES string of the molecule is CCC(C)=C(SC(=N)CN/C(C=O)=C/N=C1CCC(C(=O)NCc2cc3cnccc3s2)N1C)C1CCCC1. The fraction of sp³-hybridized carbons (Fsp3) is 0.483. The Morgan fingerprint density at radius 1 is 1.31 bits per heavy atom. The van der Waals surface area contributed by atoms with Crippen LogP contribution in [-0.4, -0.2) is 52.6 Å². The molecular weight excluding hydrogens is 528 g/mol. The lowest BCUT2D eigenvalue weighted by molar-refractivity contribution is -0.124. The number of aliphatic imine (C=N–C) groups is 1. The van der Waals surface area contributed by atoms with E-state index >= 15 is 0 Å². The van der Waals surface area contributed by atoms with Gasteiger partial charge in [0.1, 0.15) is 11.9 Å². The van der Waals surface area contributed by atoms with Gasteiger partial charge in [0.15, 0.2) is 6.29 Å². The number of nitrogens with one attached hydrogen (secondary N) is 3. The summed E-state index contributed by atoms with van der Waals surface area (Å²) in [7, 11) is 1.86. The highest BCUT2D eigenvalue weighted by Crippen LogP contribution is 2.39. The molecule has 1 atom stereocenters. The number of rotatable bonds is 11. The summed E-state index contributed by atoms with van der Waals surface area (Å²) in [6.45, 7) is 5.09. The zero-order valence-electron chi connectivity index (χ0n) is 23.0. The second kappa shape index (κ2) is 13.9. The van der Waals surface area contributed by atoms with E-state index in [4.69, 9.17) is 5.41 Å². The van der Waals surface area contributed by atoms with Crippen LogP contribution >= 0.6 is 23.1 Å². The molecule has 1 aliphatic heterocycles. The monoisotopic (exact) mass is 566 g/mol. The summed E-state index contributed by atoms with van der Waals surface area (Å²) in [5.41, 5.74) is 1.69. The van der Waals surface area contributed by atoms with Gasteiger partial charge in [0.2, 0.25) is 5.91 Å². The first-order valence-electron chi connectivity index (χ1n) is 13.6. The van der Waals surface area contributed by atoms with Crippen molar-refractivity contribution in [3.63, 3.8) is 0 Å². The van der Waals surface area contributed by atoms with E-state index in [1.54, 1.807) is 29.3 Å². The molecule has 1 aliphatic carbocycles. The van der Waals surface area contributed by atoms with Crippen LogP contribution in [0, 0.1) is 11.3 Å². The van der Waals surface area contributed by atoms with Crippen molar-refractivity contribution < 1.29 is 9.59 Å². The third-order valence-corrected chi connectivity index (χ3v) is 9.87. The number of carbonyl (C=O) groups is 2. The lowest BCUT2D eigenvalue weighted by atomic mass is 10.0. The van der Waals surface area contributed by atoms with Crippen molar-refractivity contribution in [1.29, 1.82) is 5.41 Å². The van der Waals surface area contributed by atoms with E-state index in [9.17, 15) is 9.59 Å². The summed E-state index contributed by atoms with van der Waals surface area (Å²) in [5, 5.41) is 16.2. The predicted octanol–water partition coefficient (Wildman–Crippen LogP) is 5.62. The van der Waals surface area contributed by atoms with Crippen LogP contribution in [-0.2, 0) is 16.1 Å². The first kappa shape index (κ1) is 29.0. The van der Waals surface area contributed by atoms with Gasteiger partial charge in [-0.1, -0.05) is 37.1 Å². The Labute approximate surface area is 238 Å². The smallest absolute Gasteiger partial charge is 0.243 e. The van der Waals surface area contributed by atoms with Crippen molar-refractivity contribution >= 4 is 56.3 Å². The van der Waals surface area contributed by atoms with Crippen LogP contribution in [0.1, 0.15) is 63.7 Å². The number of thioether (sulfide) groups is 1. The summed E-state index contributed by atoms with van der Waals surface area (Å²) in [6, 6.07) is 3.74. The van der Waals surface area contributed by atoms with Gasteiger partial charge in [-0.3, -0.25) is 20.0 Å². The van der Waals surface area contributed by atoms with Gasteiger partial charge >= 0.3 is 0 Å². The number of carbonyl (C=O) groups excluding carboxylic acids is 2. The van der Waals surface area contributed by atoms with E-state index in [-0.39, 0.29) is 18.5 Å². The van der Waals surface area contributed by atoms with Crippen molar-refractivity contribution in [3.05, 3.63) is 51.8 Å². The molecule has 3 heterocycles. The summed E-state index contributed by atoms with van der Waals surface area (Å²) in [4.78, 5) is 37.5. The number of fused-ring (bicyclic) bond motifs is 1. The first-order chi connectivity index (χ1) is 18.9. The van der Waals surface area contributed by atoms with E-state index in [0.717, 1.165) is 33.5 Å². The van der Waals surface area contributed by atoms with Crippen LogP contribution in [0.5, 0.6) is 0 Å². The molecule has 2 aromatic heterocycles. The van der Waals surface area contributed by atoms with Gasteiger partial charge in [-0.25, -0.2) is 4.99 Å². The van der Waals surface area contributed by atoms with Crippen molar-refractivity contribution in [2.24, 2.45) is 10.9 Å². The largest absolute Gasteiger partial charge is 0.375 e. The van der Waals surface area contributed by atoms with Crippen LogP contribution in [0.2, 0.25) is 0 Å². The lowest BCUT2D eigenvalue weighted by Gasteiger charge is -2.21. The minimum atomic E-state index is -0.298. The number of likely N-dealkylation sites (tertiary alicyclic amines) is 1. The number of hydrogen-bond donors (Lipinski definition) is 3. The second-order valence-corrected chi connectivity index (χ2v) is 12.4. The Morgan fingerprint density at radius 2 is 2.10 bits per heavy atom. The van der Waals surface area contributed by atoms with Crippen LogP contribution in [0.25, 0.3) is 10.1 Å². The topological polar surface area (TPSA) is 111 Å². The molecule has 3 N–H and O–H groups in total. The molecule has 0 spiro atoms. The van der Waals surface area contributed by atoms with Crippen LogP contribution in [0.4, 0.5) is 0 Å². The molecule has 2 fully saturated rings. The Kier molecular flexibility index (Phi) is 10.3. The standard InChI is InChI=1S/C29H38N6O2S2/c1-4-19(2)28(20-7-5-6-8-20)39-26(30)17-32-22(18-36)15-33-27-10-9-24(35(27)3)29(37)34-16-23-13-21-14-31-12-11-25(21)38-23/h11-15,18,20,24,30,32H,4-10,16-17H2,1-3H3,(H,34,37)/b22-15+,28-19?,30-26?,33-27?. The fourth-order valence-corrected chi connectivity index (χ4v) is 7.19. The van der Waals surface area contributed by atoms with Crippen molar-refractivity contribution in [2.45, 2.75) is 71.4 Å². The number of amidine groups is 1. The Bertz CT molecular complexity index is 1260. The number of amides is 1. The molecular formula is C29H38N6O2S2. The third-order valence-electron chi connectivity index (χ3n) is 7.47. The number of aromatic nitrogens is 1. The number of thiophene rings is 1. The summed E-state index contributed by atoms with van der Waals surface area (Å²) in [6.07, 6.45) is 13.1. The minimum Gasteiger partial charge on any atom is -0.375 e. The summed E-state index contributed by atoms with van der Waals surface area (Å²) < 4.78 is 1.16. The summed E-state index contributed by atoms with van der Waals surface area (Å²) >= 11 is 3.20. The normalized spacial score (nSPS) is 20.0. The Hall–Kier alpha value is -2.98. The van der Waals surface area contributed by atoms with Gasteiger partial charge in [0.25, 0.3) is 0 Å². The molecule has 1 amide bonds. The molecule has 2 aliphatic rings. The number of aldehydes is 1. The number of nitrogens with zero attached hydrogens (tertiary/aromatic N) is 3. The Balaban J connectivity index is 1.29. The first-order valence-corrected chi connectivity index (χ1v) is 15.3. The molecule has 4 rings (SSSR count). The highest BCUT2D eigenvalue weighted by Gasteiger charge is 2.31. The van der Waals surface area contributed by atoms with E-state index < -0.39 is 0 Å². The molecule has 39 heavy (non-hydrogen) atoms. The van der Waals surface area contributed by atoms with Crippen molar-refractivity contribution in [1.82, 2.24) is 20.5 Å². The fourth-order valence-electron chi connectivity index (χ4n) is 5.09. The molecule has 1 unspecified atom stereocenters. The lowest BCUT2D eigenvalue weighted by Crippen LogP contribution is -2.42. The zero-order valence-corrected chi connectivity index (χ0v) is 24.6. The van der Waals surface area contributed by atoms with Gasteiger partial charge in [0.05, 0.1) is 30.0 Å². The molecule has 1 saturated heterocycles. The number of likely N-dealkylation sites (N-methyl/N-ethyl adjacent to an activating group) is 1. The maximum absolute atomic E-state index is 12.9. The van der Waals surface area contributed by atoms with Crippen LogP contribution in [0.15, 0.2) is 51.9 Å². The Morgan fingerprint density at radius 3 is 2.82 bits per heavy atom. The quantitative estimate of drug-likeness (QED) is 0.141. The maximum Gasteiger partial charge on any atom is 0.243 e. The molecule has 0 radical (unpaired) electrons. The van der Waals surface area contributed by atoms with Gasteiger partial charge < -0.3 is 15.5 Å². The van der Waals surface area contributed by atoms with Crippen LogP contribution < -0.4 is 10.6 Å². The van der Waals surface area contributed by atoms with Gasteiger partial charge in [-0.05, 0) is 55.6 Å².